The summed E-state index contributed by atoms with van der Waals surface area (Å²) in [6.07, 6.45) is 0.649. The third-order valence-electron chi connectivity index (χ3n) is 3.71. The molecule has 1 fully saturated rings. The second kappa shape index (κ2) is 7.76. The molecule has 3 rings (SSSR count). The Labute approximate surface area is 147 Å². The molecule has 8 heteroatoms. The van der Waals surface area contributed by atoms with E-state index in [1.807, 2.05) is 5.38 Å². The van der Waals surface area contributed by atoms with Crippen LogP contribution < -0.4 is 5.32 Å². The Morgan fingerprint density at radius 2 is 2.21 bits per heavy atom. The molecule has 126 valence electrons. The van der Waals surface area contributed by atoms with Crippen LogP contribution in [0.15, 0.2) is 35.2 Å². The number of thiazole rings is 1. The number of halogens is 1. The molecule has 2 aromatic rings. The van der Waals surface area contributed by atoms with Crippen LogP contribution in [0.2, 0.25) is 0 Å². The minimum atomic E-state index is -0.572. The molecule has 2 amide bonds. The van der Waals surface area contributed by atoms with Crippen LogP contribution in [-0.2, 0) is 11.2 Å². The number of amides is 2. The molecule has 0 saturated carbocycles. The predicted octanol–water partition coefficient (Wildman–Crippen LogP) is 2.16. The number of carbonyl (C=O) groups excluding carboxylic acids is 2. The molecule has 0 radical (unpaired) electrons. The van der Waals surface area contributed by atoms with Crippen molar-refractivity contribution in [1.82, 2.24) is 15.2 Å². The maximum atomic E-state index is 13.8. The van der Waals surface area contributed by atoms with Gasteiger partial charge in [-0.15, -0.1) is 23.1 Å². The first-order valence-electron chi connectivity index (χ1n) is 7.45. The van der Waals surface area contributed by atoms with Gasteiger partial charge in [-0.1, -0.05) is 12.1 Å². The Morgan fingerprint density at radius 3 is 2.96 bits per heavy atom. The second-order valence-electron chi connectivity index (χ2n) is 5.29. The second-order valence-corrected chi connectivity index (χ2v) is 7.01. The Balaban J connectivity index is 1.61. The summed E-state index contributed by atoms with van der Waals surface area (Å²) >= 11 is 3.00. The maximum absolute atomic E-state index is 13.8. The van der Waals surface area contributed by atoms with Crippen LogP contribution in [0.1, 0.15) is 16.1 Å². The average Bonchev–Trinajstić information content (AvgIpc) is 3.26. The van der Waals surface area contributed by atoms with Crippen molar-refractivity contribution in [3.05, 3.63) is 52.2 Å². The van der Waals surface area contributed by atoms with Crippen LogP contribution in [0.25, 0.3) is 0 Å². The van der Waals surface area contributed by atoms with E-state index in [1.165, 1.54) is 46.2 Å². The van der Waals surface area contributed by atoms with Crippen molar-refractivity contribution >= 4 is 34.9 Å². The molecule has 1 atom stereocenters. The fourth-order valence-corrected chi connectivity index (χ4v) is 4.19. The molecule has 1 aliphatic heterocycles. The zero-order valence-corrected chi connectivity index (χ0v) is 14.4. The molecule has 0 bridgehead atoms. The minimum absolute atomic E-state index is 0.000253. The van der Waals surface area contributed by atoms with Crippen LogP contribution >= 0.6 is 23.1 Å². The van der Waals surface area contributed by atoms with Crippen LogP contribution in [0, 0.1) is 5.82 Å². The maximum Gasteiger partial charge on any atom is 0.258 e. The van der Waals surface area contributed by atoms with Gasteiger partial charge in [0.25, 0.3) is 5.91 Å². The van der Waals surface area contributed by atoms with Gasteiger partial charge in [0.2, 0.25) is 5.91 Å². The van der Waals surface area contributed by atoms with Gasteiger partial charge in [-0.2, -0.15) is 0 Å². The number of benzene rings is 1. The molecule has 5 nitrogen and oxygen atoms in total. The quantitative estimate of drug-likeness (QED) is 0.882. The zero-order chi connectivity index (χ0) is 16.9. The summed E-state index contributed by atoms with van der Waals surface area (Å²) in [6.45, 7) is 0.464. The van der Waals surface area contributed by atoms with E-state index in [9.17, 15) is 14.0 Å². The fourth-order valence-electron chi connectivity index (χ4n) is 2.44. The first-order chi connectivity index (χ1) is 11.7. The van der Waals surface area contributed by atoms with Crippen LogP contribution in [0.5, 0.6) is 0 Å². The summed E-state index contributed by atoms with van der Waals surface area (Å²) in [5, 5.41) is 4.77. The Morgan fingerprint density at radius 1 is 1.38 bits per heavy atom. The molecule has 1 aromatic heterocycles. The molecule has 0 unspecified atom stereocenters. The first kappa shape index (κ1) is 16.9. The van der Waals surface area contributed by atoms with Crippen molar-refractivity contribution in [2.45, 2.75) is 12.5 Å². The average molecular weight is 365 g/mol. The van der Waals surface area contributed by atoms with E-state index >= 15 is 0 Å². The van der Waals surface area contributed by atoms with E-state index < -0.39 is 17.8 Å². The number of hydrogen-bond acceptors (Lipinski definition) is 5. The number of carbonyl (C=O) groups is 2. The van der Waals surface area contributed by atoms with Crippen LogP contribution in [0.3, 0.4) is 0 Å². The molecule has 1 saturated heterocycles. The van der Waals surface area contributed by atoms with Crippen molar-refractivity contribution in [2.75, 3.05) is 18.2 Å². The number of nitrogens with zero attached hydrogens (tertiary/aromatic N) is 2. The molecular weight excluding hydrogens is 349 g/mol. The molecular formula is C16H16FN3O2S2. The van der Waals surface area contributed by atoms with Gasteiger partial charge >= 0.3 is 0 Å². The van der Waals surface area contributed by atoms with Crippen molar-refractivity contribution in [2.24, 2.45) is 0 Å². The Hall–Kier alpha value is -1.93. The highest BCUT2D eigenvalue weighted by Crippen LogP contribution is 2.24. The first-order valence-corrected chi connectivity index (χ1v) is 9.54. The standard InChI is InChI=1S/C16H16FN3O2S2/c17-13-4-2-1-3-12(13)16(22)20-10-24-8-14(20)15(21)18-6-5-11-7-23-9-19-11/h1-4,7,9,14H,5-6,8,10H2,(H,18,21)/t14-/m1/s1. The van der Waals surface area contributed by atoms with Crippen molar-refractivity contribution in [3.63, 3.8) is 0 Å². The van der Waals surface area contributed by atoms with Crippen molar-refractivity contribution in [1.29, 1.82) is 0 Å². The van der Waals surface area contributed by atoms with Gasteiger partial charge in [-0.25, -0.2) is 9.37 Å². The van der Waals surface area contributed by atoms with E-state index in [-0.39, 0.29) is 11.5 Å². The third kappa shape index (κ3) is 3.76. The van der Waals surface area contributed by atoms with Crippen LogP contribution in [-0.4, -0.2) is 45.9 Å². The zero-order valence-electron chi connectivity index (χ0n) is 12.8. The summed E-state index contributed by atoms with van der Waals surface area (Å²) in [7, 11) is 0. The highest BCUT2D eigenvalue weighted by Gasteiger charge is 2.35. The summed E-state index contributed by atoms with van der Waals surface area (Å²) in [6, 6.07) is 5.27. The SMILES string of the molecule is O=C(NCCc1cscn1)[C@H]1CSCN1C(=O)c1ccccc1F. The molecule has 2 heterocycles. The summed E-state index contributed by atoms with van der Waals surface area (Å²) in [4.78, 5) is 30.5. The topological polar surface area (TPSA) is 62.3 Å². The lowest BCUT2D eigenvalue weighted by atomic mass is 10.1. The van der Waals surface area contributed by atoms with Crippen LogP contribution in [0.4, 0.5) is 4.39 Å². The summed E-state index contributed by atoms with van der Waals surface area (Å²) < 4.78 is 13.8. The van der Waals surface area contributed by atoms with Gasteiger partial charge in [-0.05, 0) is 12.1 Å². The third-order valence-corrected chi connectivity index (χ3v) is 5.36. The van der Waals surface area contributed by atoms with Crippen molar-refractivity contribution in [3.8, 4) is 0 Å². The van der Waals surface area contributed by atoms with Gasteiger partial charge in [0, 0.05) is 24.1 Å². The summed E-state index contributed by atoms with van der Waals surface area (Å²) in [5.74, 6) is -0.320. The van der Waals surface area contributed by atoms with E-state index in [4.69, 9.17) is 0 Å². The van der Waals surface area contributed by atoms with Gasteiger partial charge in [0.1, 0.15) is 11.9 Å². The smallest absolute Gasteiger partial charge is 0.258 e. The Kier molecular flexibility index (Phi) is 5.47. The molecule has 0 aliphatic carbocycles. The van der Waals surface area contributed by atoms with E-state index in [0.717, 1.165) is 5.69 Å². The lowest BCUT2D eigenvalue weighted by Gasteiger charge is -2.23. The predicted molar refractivity (Wildman–Crippen MR) is 92.5 cm³/mol. The fraction of sp³-hybridized carbons (Fsp3) is 0.312. The van der Waals surface area contributed by atoms with Crippen molar-refractivity contribution < 1.29 is 14.0 Å². The molecule has 24 heavy (non-hydrogen) atoms. The lowest BCUT2D eigenvalue weighted by Crippen LogP contribution is -2.47. The normalized spacial score (nSPS) is 17.0. The lowest BCUT2D eigenvalue weighted by molar-refractivity contribution is -0.124. The number of nitrogens with one attached hydrogen (secondary N) is 1. The highest BCUT2D eigenvalue weighted by atomic mass is 32.2. The largest absolute Gasteiger partial charge is 0.354 e. The number of aromatic nitrogens is 1. The number of hydrogen-bond donors (Lipinski definition) is 1. The van der Waals surface area contributed by atoms with E-state index in [2.05, 4.69) is 10.3 Å². The molecule has 1 aliphatic rings. The molecule has 1 aromatic carbocycles. The van der Waals surface area contributed by atoms with Gasteiger partial charge < -0.3 is 10.2 Å². The highest BCUT2D eigenvalue weighted by molar-refractivity contribution is 7.99. The summed E-state index contributed by atoms with van der Waals surface area (Å²) in [5.41, 5.74) is 2.68. The number of rotatable bonds is 5. The van der Waals surface area contributed by atoms with Gasteiger partial charge in [0.15, 0.2) is 0 Å². The number of thioether (sulfide) groups is 1. The Bertz CT molecular complexity index is 724. The monoisotopic (exact) mass is 365 g/mol. The molecule has 0 spiro atoms. The van der Waals surface area contributed by atoms with E-state index in [0.29, 0.717) is 24.6 Å². The van der Waals surface area contributed by atoms with Gasteiger partial charge in [-0.3, -0.25) is 9.59 Å². The molecule has 1 N–H and O–H groups in total. The van der Waals surface area contributed by atoms with E-state index in [1.54, 1.807) is 11.6 Å². The van der Waals surface area contributed by atoms with Gasteiger partial charge in [0.05, 0.1) is 22.6 Å². The minimum Gasteiger partial charge on any atom is -0.354 e.